The molecule has 0 aromatic rings. The van der Waals surface area contributed by atoms with E-state index in [1.165, 1.54) is 64.7 Å². The van der Waals surface area contributed by atoms with Gasteiger partial charge in [0.1, 0.15) is 0 Å². The Balaban J connectivity index is 2.46. The summed E-state index contributed by atoms with van der Waals surface area (Å²) >= 11 is 4.69. The minimum atomic E-state index is 0.437. The monoisotopic (exact) mass is 300 g/mol. The lowest BCUT2D eigenvalue weighted by Crippen LogP contribution is -2.41. The first kappa shape index (κ1) is 18.3. The van der Waals surface area contributed by atoms with E-state index < -0.39 is 0 Å². The molecule has 0 amide bonds. The van der Waals surface area contributed by atoms with Crippen LogP contribution in [0.3, 0.4) is 0 Å². The lowest BCUT2D eigenvalue weighted by atomic mass is 9.80. The Morgan fingerprint density at radius 1 is 1.15 bits per heavy atom. The van der Waals surface area contributed by atoms with E-state index in [9.17, 15) is 0 Å². The van der Waals surface area contributed by atoms with Gasteiger partial charge >= 0.3 is 0 Å². The van der Waals surface area contributed by atoms with Crippen LogP contribution in [0.1, 0.15) is 52.4 Å². The van der Waals surface area contributed by atoms with E-state index in [2.05, 4.69) is 50.4 Å². The molecule has 1 rings (SSSR count). The van der Waals surface area contributed by atoms with Crippen LogP contribution in [-0.2, 0) is 0 Å². The summed E-state index contributed by atoms with van der Waals surface area (Å²) < 4.78 is 0. The third kappa shape index (κ3) is 5.95. The van der Waals surface area contributed by atoms with Crippen molar-refractivity contribution in [1.29, 1.82) is 0 Å². The third-order valence-electron chi connectivity index (χ3n) is 4.91. The van der Waals surface area contributed by atoms with Gasteiger partial charge in [-0.2, -0.15) is 12.6 Å². The van der Waals surface area contributed by atoms with E-state index in [0.29, 0.717) is 5.41 Å². The number of thiol groups is 1. The second-order valence-corrected chi connectivity index (χ2v) is 7.42. The van der Waals surface area contributed by atoms with Gasteiger partial charge < -0.3 is 9.80 Å². The molecule has 0 spiro atoms. The van der Waals surface area contributed by atoms with E-state index in [4.69, 9.17) is 0 Å². The summed E-state index contributed by atoms with van der Waals surface area (Å²) in [7, 11) is 4.57. The molecule has 3 heteroatoms. The highest BCUT2D eigenvalue weighted by Crippen LogP contribution is 2.32. The Hall–Kier alpha value is 0.270. The van der Waals surface area contributed by atoms with E-state index in [1.54, 1.807) is 0 Å². The smallest absolute Gasteiger partial charge is 0.00429 e. The third-order valence-corrected chi connectivity index (χ3v) is 5.58. The number of nitrogens with zero attached hydrogens (tertiary/aromatic N) is 2. The first-order valence-electron chi connectivity index (χ1n) is 8.53. The summed E-state index contributed by atoms with van der Waals surface area (Å²) in [5.74, 6) is 1.93. The van der Waals surface area contributed by atoms with Crippen molar-refractivity contribution >= 4 is 12.6 Å². The molecule has 0 aliphatic carbocycles. The molecule has 0 aromatic carbocycles. The zero-order chi connectivity index (χ0) is 15.0. The summed E-state index contributed by atoms with van der Waals surface area (Å²) in [6, 6.07) is 0. The summed E-state index contributed by atoms with van der Waals surface area (Å²) in [6.07, 6.45) is 7.95. The summed E-state index contributed by atoms with van der Waals surface area (Å²) in [5, 5.41) is 0. The van der Waals surface area contributed by atoms with Crippen molar-refractivity contribution in [3.8, 4) is 0 Å². The lowest BCUT2D eigenvalue weighted by Gasteiger charge is -2.38. The Bertz CT molecular complexity index is 243. The highest BCUT2D eigenvalue weighted by molar-refractivity contribution is 7.80. The molecule has 1 saturated heterocycles. The molecule has 20 heavy (non-hydrogen) atoms. The molecule has 0 N–H and O–H groups in total. The molecular formula is C17H36N2S. The van der Waals surface area contributed by atoms with Crippen LogP contribution in [0, 0.1) is 11.3 Å². The van der Waals surface area contributed by atoms with Crippen LogP contribution < -0.4 is 0 Å². The summed E-state index contributed by atoms with van der Waals surface area (Å²) in [6.45, 7) is 9.68. The normalized spacial score (nSPS) is 18.9. The molecular weight excluding hydrogens is 264 g/mol. The standard InChI is InChI=1S/C17H36N2S/c1-5-9-17(15-20,10-6-2)14-19(4)13-16-7-11-18(3)12-8-16/h16,20H,5-15H2,1-4H3. The fourth-order valence-corrected chi connectivity index (χ4v) is 4.29. The Kier molecular flexibility index (Phi) is 8.54. The lowest BCUT2D eigenvalue weighted by molar-refractivity contribution is 0.128. The molecule has 2 nitrogen and oxygen atoms in total. The van der Waals surface area contributed by atoms with Gasteiger partial charge in [-0.3, -0.25) is 0 Å². The van der Waals surface area contributed by atoms with Crippen molar-refractivity contribution in [2.24, 2.45) is 11.3 Å². The zero-order valence-corrected chi connectivity index (χ0v) is 15.1. The second kappa shape index (κ2) is 9.32. The highest BCUT2D eigenvalue weighted by atomic mass is 32.1. The van der Waals surface area contributed by atoms with Gasteiger partial charge in [0, 0.05) is 13.1 Å². The van der Waals surface area contributed by atoms with Crippen molar-refractivity contribution in [2.45, 2.75) is 52.4 Å². The van der Waals surface area contributed by atoms with Crippen molar-refractivity contribution in [3.63, 3.8) is 0 Å². The number of likely N-dealkylation sites (tertiary alicyclic amines) is 1. The van der Waals surface area contributed by atoms with E-state index in [1.807, 2.05) is 0 Å². The number of hydrogen-bond acceptors (Lipinski definition) is 3. The number of rotatable bonds is 9. The van der Waals surface area contributed by atoms with E-state index in [0.717, 1.165) is 11.7 Å². The van der Waals surface area contributed by atoms with Crippen LogP contribution in [0.5, 0.6) is 0 Å². The molecule has 1 fully saturated rings. The van der Waals surface area contributed by atoms with Crippen molar-refractivity contribution in [2.75, 3.05) is 46.0 Å². The average Bonchev–Trinajstić information content (AvgIpc) is 2.42. The number of piperidine rings is 1. The van der Waals surface area contributed by atoms with Crippen molar-refractivity contribution < 1.29 is 0 Å². The van der Waals surface area contributed by atoms with Gasteiger partial charge in [0.05, 0.1) is 0 Å². The molecule has 0 aromatic heterocycles. The fraction of sp³-hybridized carbons (Fsp3) is 1.00. The predicted molar refractivity (Wildman–Crippen MR) is 93.8 cm³/mol. The van der Waals surface area contributed by atoms with Gasteiger partial charge in [0.2, 0.25) is 0 Å². The minimum Gasteiger partial charge on any atom is -0.306 e. The maximum atomic E-state index is 4.69. The van der Waals surface area contributed by atoms with Gasteiger partial charge in [0.15, 0.2) is 0 Å². The minimum absolute atomic E-state index is 0.437. The Morgan fingerprint density at radius 2 is 1.70 bits per heavy atom. The van der Waals surface area contributed by atoms with Gasteiger partial charge in [-0.05, 0) is 70.0 Å². The maximum Gasteiger partial charge on any atom is 0.00429 e. The summed E-state index contributed by atoms with van der Waals surface area (Å²) in [5.41, 5.74) is 0.437. The molecule has 0 saturated carbocycles. The maximum absolute atomic E-state index is 4.69. The van der Waals surface area contributed by atoms with Crippen LogP contribution >= 0.6 is 12.6 Å². The molecule has 0 bridgehead atoms. The molecule has 1 heterocycles. The second-order valence-electron chi connectivity index (χ2n) is 7.10. The van der Waals surface area contributed by atoms with E-state index in [-0.39, 0.29) is 0 Å². The Morgan fingerprint density at radius 3 is 2.15 bits per heavy atom. The van der Waals surface area contributed by atoms with E-state index >= 15 is 0 Å². The molecule has 0 radical (unpaired) electrons. The van der Waals surface area contributed by atoms with Crippen LogP contribution in [-0.4, -0.2) is 55.8 Å². The first-order chi connectivity index (χ1) is 9.55. The van der Waals surface area contributed by atoms with Crippen LogP contribution in [0.4, 0.5) is 0 Å². The molecule has 1 aliphatic heterocycles. The van der Waals surface area contributed by atoms with Gasteiger partial charge in [0.25, 0.3) is 0 Å². The Labute approximate surface area is 132 Å². The largest absolute Gasteiger partial charge is 0.306 e. The molecule has 0 unspecified atom stereocenters. The van der Waals surface area contributed by atoms with Crippen LogP contribution in [0.25, 0.3) is 0 Å². The molecule has 1 aliphatic rings. The van der Waals surface area contributed by atoms with Crippen molar-refractivity contribution in [3.05, 3.63) is 0 Å². The van der Waals surface area contributed by atoms with Crippen LogP contribution in [0.15, 0.2) is 0 Å². The van der Waals surface area contributed by atoms with Gasteiger partial charge in [-0.15, -0.1) is 0 Å². The molecule has 120 valence electrons. The quantitative estimate of drug-likeness (QED) is 0.648. The topological polar surface area (TPSA) is 6.48 Å². The molecule has 0 atom stereocenters. The highest BCUT2D eigenvalue weighted by Gasteiger charge is 2.29. The zero-order valence-electron chi connectivity index (χ0n) is 14.2. The number of hydrogen-bond donors (Lipinski definition) is 1. The van der Waals surface area contributed by atoms with Gasteiger partial charge in [-0.1, -0.05) is 26.7 Å². The fourth-order valence-electron chi connectivity index (χ4n) is 3.87. The summed E-state index contributed by atoms with van der Waals surface area (Å²) in [4.78, 5) is 5.06. The van der Waals surface area contributed by atoms with Gasteiger partial charge in [-0.25, -0.2) is 0 Å². The van der Waals surface area contributed by atoms with Crippen LogP contribution in [0.2, 0.25) is 0 Å². The average molecular weight is 301 g/mol. The van der Waals surface area contributed by atoms with Crippen molar-refractivity contribution in [1.82, 2.24) is 9.80 Å². The first-order valence-corrected chi connectivity index (χ1v) is 9.16. The SMILES string of the molecule is CCCC(CS)(CCC)CN(C)CC1CCN(C)CC1. The predicted octanol–water partition coefficient (Wildman–Crippen LogP) is 3.78.